The van der Waals surface area contributed by atoms with Gasteiger partial charge in [-0.05, 0) is 93.0 Å². The van der Waals surface area contributed by atoms with Crippen molar-refractivity contribution in [2.24, 2.45) is 0 Å². The molecule has 12 aromatic carbocycles. The second kappa shape index (κ2) is 20.2. The summed E-state index contributed by atoms with van der Waals surface area (Å²) in [4.78, 5) is 33.8. The topological polar surface area (TPSA) is 96.0 Å². The molecule has 0 bridgehead atoms. The summed E-state index contributed by atoms with van der Waals surface area (Å²) in [5.74, 6) is 1.18. The molecule has 0 aliphatic heterocycles. The van der Waals surface area contributed by atoms with Crippen LogP contribution in [0.1, 0.15) is 47.5 Å². The zero-order valence-corrected chi connectivity index (χ0v) is 54.3. The number of nitrogens with zero attached hydrogens (tertiary/aromatic N) is 10. The molecule has 20 aromatic rings. The molecule has 2 aliphatic rings. The first-order valence-corrected chi connectivity index (χ1v) is 34.2. The molecular weight excluding hydrogens is 1220 g/mol. The van der Waals surface area contributed by atoms with Crippen LogP contribution < -0.4 is 0 Å². The number of aromatic nitrogens is 10. The summed E-state index contributed by atoms with van der Waals surface area (Å²) >= 11 is 0. The summed E-state index contributed by atoms with van der Waals surface area (Å²) in [7, 11) is 0. The van der Waals surface area contributed by atoms with Crippen LogP contribution in [0, 0.1) is 0 Å². The molecule has 0 saturated heterocycles. The highest BCUT2D eigenvalue weighted by atomic mass is 15.2. The Balaban J connectivity index is 0.793. The van der Waals surface area contributed by atoms with Crippen molar-refractivity contribution in [2.75, 3.05) is 0 Å². The summed E-state index contributed by atoms with van der Waals surface area (Å²) in [6.45, 7) is 4.74. The number of pyridine rings is 2. The molecule has 0 N–H and O–H groups in total. The molecule has 0 fully saturated rings. The Kier molecular flexibility index (Phi) is 11.1. The molecule has 466 valence electrons. The molecule has 0 amide bonds. The van der Waals surface area contributed by atoms with Gasteiger partial charge in [0.25, 0.3) is 0 Å². The third-order valence-electron chi connectivity index (χ3n) is 21.8. The minimum Gasteiger partial charge on any atom is -0.294 e. The third-order valence-corrected chi connectivity index (χ3v) is 21.8. The van der Waals surface area contributed by atoms with Crippen LogP contribution in [0.2, 0.25) is 0 Å². The Bertz CT molecular complexity index is 6920. The van der Waals surface area contributed by atoms with Crippen molar-refractivity contribution in [1.82, 2.24) is 47.8 Å². The van der Waals surface area contributed by atoms with E-state index in [0.29, 0.717) is 11.9 Å². The van der Waals surface area contributed by atoms with Crippen LogP contribution in [-0.4, -0.2) is 47.8 Å². The van der Waals surface area contributed by atoms with E-state index in [9.17, 15) is 0 Å². The lowest BCUT2D eigenvalue weighted by Crippen LogP contribution is -2.30. The molecule has 8 aromatic heterocycles. The van der Waals surface area contributed by atoms with Gasteiger partial charge in [0.1, 0.15) is 11.2 Å². The van der Waals surface area contributed by atoms with Crippen molar-refractivity contribution in [3.8, 4) is 67.8 Å². The molecule has 0 saturated carbocycles. The molecule has 8 heterocycles. The van der Waals surface area contributed by atoms with Gasteiger partial charge in [0.2, 0.25) is 11.9 Å². The molecule has 22 rings (SSSR count). The molecule has 1 unspecified atom stereocenters. The van der Waals surface area contributed by atoms with E-state index in [0.717, 1.165) is 160 Å². The first-order valence-electron chi connectivity index (χ1n) is 34.2. The highest BCUT2D eigenvalue weighted by Gasteiger charge is 2.50. The number of benzene rings is 12. The van der Waals surface area contributed by atoms with Gasteiger partial charge in [0, 0.05) is 60.3 Å². The summed E-state index contributed by atoms with van der Waals surface area (Å²) < 4.78 is 9.55. The van der Waals surface area contributed by atoms with Crippen molar-refractivity contribution in [3.05, 3.63) is 337 Å². The van der Waals surface area contributed by atoms with Gasteiger partial charge in [-0.3, -0.25) is 17.9 Å². The van der Waals surface area contributed by atoms with Gasteiger partial charge in [-0.1, -0.05) is 269 Å². The molecule has 100 heavy (non-hydrogen) atoms. The summed E-state index contributed by atoms with van der Waals surface area (Å²) in [6, 6.07) is 109. The molecular formula is C90H56N10. The Morgan fingerprint density at radius 2 is 0.750 bits per heavy atom. The lowest BCUT2D eigenvalue weighted by atomic mass is 9.69. The van der Waals surface area contributed by atoms with E-state index in [2.05, 4.69) is 335 Å². The van der Waals surface area contributed by atoms with Gasteiger partial charge >= 0.3 is 0 Å². The first-order chi connectivity index (χ1) is 49.4. The van der Waals surface area contributed by atoms with E-state index in [-0.39, 0.29) is 5.41 Å². The van der Waals surface area contributed by atoms with Crippen molar-refractivity contribution in [2.45, 2.75) is 24.7 Å². The Morgan fingerprint density at radius 1 is 0.290 bits per heavy atom. The fraction of sp³-hybridized carbons (Fsp3) is 0.0444. The maximum Gasteiger partial charge on any atom is 0.235 e. The largest absolute Gasteiger partial charge is 0.294 e. The van der Waals surface area contributed by atoms with Crippen LogP contribution >= 0.6 is 0 Å². The highest BCUT2D eigenvalue weighted by Crippen LogP contribution is 2.61. The fourth-order valence-corrected chi connectivity index (χ4v) is 17.6. The molecule has 10 nitrogen and oxygen atoms in total. The number of fused-ring (bicyclic) bond motifs is 26. The number of para-hydroxylation sites is 6. The van der Waals surface area contributed by atoms with Gasteiger partial charge in [-0.2, -0.15) is 0 Å². The quantitative estimate of drug-likeness (QED) is 0.158. The summed E-state index contributed by atoms with van der Waals surface area (Å²) in [6.07, 6.45) is 0. The Morgan fingerprint density at radius 3 is 1.39 bits per heavy atom. The standard InChI is InChI=1S/C90H56N10/c1-89(2)65-38-18-12-32-59(65)76-75-63-36-16-23-43-71(63)98(88-94-68-41-21-15-35-62(68)80(96-88)55-28-8-4-9-29-55)82(75)86-92-70-52-56(48-51-74(70)99(86)83(76)89)53-46-49-58(50-47-53)90(57-30-10-5-11-31-57)66-39-19-13-33-60(66)77-81-78(85-91-69-42-22-25-45-73(69)100(85)84(77)90)64-37-17-24-44-72(64)97(81)87-93-67-40-20-14-34-61(67)79(95-87)54-26-6-3-7-27-54/h3-52H,1-2H3. The van der Waals surface area contributed by atoms with Gasteiger partial charge in [-0.25, -0.2) is 29.9 Å². The zero-order valence-electron chi connectivity index (χ0n) is 54.3. The lowest BCUT2D eigenvalue weighted by molar-refractivity contribution is 0.631. The van der Waals surface area contributed by atoms with E-state index in [1.165, 1.54) is 27.9 Å². The predicted octanol–water partition coefficient (Wildman–Crippen LogP) is 21.0. The lowest BCUT2D eigenvalue weighted by Gasteiger charge is -2.34. The smallest absolute Gasteiger partial charge is 0.235 e. The van der Waals surface area contributed by atoms with E-state index in [4.69, 9.17) is 29.9 Å². The highest BCUT2D eigenvalue weighted by molar-refractivity contribution is 6.24. The van der Waals surface area contributed by atoms with Gasteiger partial charge in [-0.15, -0.1) is 0 Å². The number of hydrogen-bond donors (Lipinski definition) is 0. The van der Waals surface area contributed by atoms with Crippen LogP contribution in [0.15, 0.2) is 303 Å². The van der Waals surface area contributed by atoms with Gasteiger partial charge in [0.05, 0.1) is 77.5 Å². The average Bonchev–Trinajstić information content (AvgIpc) is 1.50. The van der Waals surface area contributed by atoms with Crippen molar-refractivity contribution < 1.29 is 0 Å². The minimum atomic E-state index is -0.876. The maximum atomic E-state index is 5.86. The molecule has 1 atom stereocenters. The van der Waals surface area contributed by atoms with Crippen molar-refractivity contribution >= 4 is 98.8 Å². The Labute approximate surface area is 572 Å². The monoisotopic (exact) mass is 1280 g/mol. The minimum absolute atomic E-state index is 0.386. The van der Waals surface area contributed by atoms with Crippen LogP contribution in [0.5, 0.6) is 0 Å². The molecule has 2 aliphatic carbocycles. The van der Waals surface area contributed by atoms with Crippen LogP contribution in [-0.2, 0) is 10.8 Å². The second-order valence-electron chi connectivity index (χ2n) is 27.3. The SMILES string of the molecule is CC1(C)c2ccccc2-c2c1n1c3ccc(-c4ccc(C5(c6ccccc6)c6ccccc6-c6c5n5c7ccccc7nc5c5c7ccccc7n(-c7nc(-c8ccccc8)c8ccccc8n7)c65)cc4)cc3nc1c1c2c2ccccc2n1-c1nc(-c2ccccc2)c2ccccc2n1. The summed E-state index contributed by atoms with van der Waals surface area (Å²) in [5, 5.41) is 6.37. The maximum absolute atomic E-state index is 5.86. The zero-order chi connectivity index (χ0) is 65.7. The number of rotatable bonds is 7. The van der Waals surface area contributed by atoms with Crippen LogP contribution in [0.4, 0.5) is 0 Å². The van der Waals surface area contributed by atoms with Crippen LogP contribution in [0.3, 0.4) is 0 Å². The average molecular weight is 1280 g/mol. The molecule has 10 heteroatoms. The third kappa shape index (κ3) is 7.24. The number of imidazole rings is 2. The Hall–Kier alpha value is -13.2. The number of hydrogen-bond acceptors (Lipinski definition) is 6. The van der Waals surface area contributed by atoms with Gasteiger partial charge in [0.15, 0.2) is 5.65 Å². The fourth-order valence-electron chi connectivity index (χ4n) is 17.6. The molecule has 0 spiro atoms. The summed E-state index contributed by atoms with van der Waals surface area (Å²) in [5.41, 5.74) is 27.7. The second-order valence-corrected chi connectivity index (χ2v) is 27.3. The van der Waals surface area contributed by atoms with E-state index < -0.39 is 5.41 Å². The van der Waals surface area contributed by atoms with Crippen molar-refractivity contribution in [3.63, 3.8) is 0 Å². The van der Waals surface area contributed by atoms with E-state index in [1.54, 1.807) is 0 Å². The van der Waals surface area contributed by atoms with Gasteiger partial charge < -0.3 is 0 Å². The normalized spacial score (nSPS) is 14.6. The van der Waals surface area contributed by atoms with Crippen molar-refractivity contribution in [1.29, 1.82) is 0 Å². The van der Waals surface area contributed by atoms with Crippen LogP contribution in [0.25, 0.3) is 167 Å². The van der Waals surface area contributed by atoms with E-state index >= 15 is 0 Å². The van der Waals surface area contributed by atoms with E-state index in [1.807, 2.05) is 0 Å². The first kappa shape index (κ1) is 55.0. The predicted molar refractivity (Wildman–Crippen MR) is 405 cm³/mol. The molecule has 0 radical (unpaired) electrons.